The van der Waals surface area contributed by atoms with E-state index in [4.69, 9.17) is 5.11 Å². The van der Waals surface area contributed by atoms with Crippen LogP contribution in [0, 0.1) is 0 Å². The zero-order valence-electron chi connectivity index (χ0n) is 6.74. The molecule has 72 valence electrons. The maximum atomic E-state index is 12.0. The Labute approximate surface area is 71.5 Å². The molecule has 0 aromatic rings. The van der Waals surface area contributed by atoms with Gasteiger partial charge in [-0.15, -0.1) is 0 Å². The Bertz CT molecular complexity index is 237. The van der Waals surface area contributed by atoms with Crippen molar-refractivity contribution in [3.05, 3.63) is 0 Å². The largest absolute Gasteiger partial charge is 0.393 e. The third kappa shape index (κ3) is 2.17. The summed E-state index contributed by atoms with van der Waals surface area (Å²) in [5, 5.41) is 8.49. The number of sulfone groups is 1. The van der Waals surface area contributed by atoms with E-state index in [0.717, 1.165) is 0 Å². The molecule has 0 amide bonds. The Kier molecular flexibility index (Phi) is 3.06. The third-order valence-corrected chi connectivity index (χ3v) is 4.01. The Morgan fingerprint density at radius 1 is 1.42 bits per heavy atom. The van der Waals surface area contributed by atoms with Crippen LogP contribution in [0.4, 0.5) is 4.39 Å². The predicted molar refractivity (Wildman–Crippen MR) is 43.2 cm³/mol. The van der Waals surface area contributed by atoms with E-state index in [9.17, 15) is 12.8 Å². The molecule has 0 heterocycles. The van der Waals surface area contributed by atoms with Gasteiger partial charge in [0.2, 0.25) is 0 Å². The molecule has 2 atom stereocenters. The second-order valence-electron chi connectivity index (χ2n) is 3.21. The number of aliphatic hydroxyl groups is 1. The fourth-order valence-electron chi connectivity index (χ4n) is 1.54. The molecule has 3 nitrogen and oxygen atoms in total. The van der Waals surface area contributed by atoms with Crippen LogP contribution in [0.25, 0.3) is 0 Å². The van der Waals surface area contributed by atoms with Gasteiger partial charge in [-0.25, -0.2) is 12.8 Å². The highest BCUT2D eigenvalue weighted by molar-refractivity contribution is 7.91. The van der Waals surface area contributed by atoms with Gasteiger partial charge in [-0.2, -0.15) is 0 Å². The lowest BCUT2D eigenvalue weighted by molar-refractivity contribution is 0.131. The minimum atomic E-state index is -3.58. The van der Waals surface area contributed by atoms with Gasteiger partial charge < -0.3 is 5.11 Å². The number of rotatable bonds is 2. The van der Waals surface area contributed by atoms with E-state index in [1.165, 1.54) is 0 Å². The van der Waals surface area contributed by atoms with Gasteiger partial charge in [-0.1, -0.05) is 0 Å². The third-order valence-electron chi connectivity index (χ3n) is 2.26. The zero-order chi connectivity index (χ0) is 9.19. The van der Waals surface area contributed by atoms with Crippen LogP contribution in [0.2, 0.25) is 0 Å². The summed E-state index contributed by atoms with van der Waals surface area (Å²) in [7, 11) is -3.58. The van der Waals surface area contributed by atoms with E-state index in [1.807, 2.05) is 0 Å². The van der Waals surface area contributed by atoms with E-state index in [2.05, 4.69) is 0 Å². The van der Waals surface area contributed by atoms with Crippen LogP contribution in [-0.4, -0.2) is 30.9 Å². The number of hydrogen-bond acceptors (Lipinski definition) is 3. The molecule has 0 aliphatic heterocycles. The predicted octanol–water partition coefficient (Wildman–Crippen LogP) is 0.632. The van der Waals surface area contributed by atoms with Crippen molar-refractivity contribution in [1.29, 1.82) is 0 Å². The number of hydrogen-bond donors (Lipinski definition) is 1. The highest BCUT2D eigenvalue weighted by Gasteiger charge is 2.30. The summed E-state index contributed by atoms with van der Waals surface area (Å²) >= 11 is 0. The van der Waals surface area contributed by atoms with Crippen molar-refractivity contribution in [2.45, 2.75) is 37.0 Å². The van der Waals surface area contributed by atoms with Gasteiger partial charge in [-0.05, 0) is 25.7 Å². The lowest BCUT2D eigenvalue weighted by Crippen LogP contribution is -2.31. The summed E-state index contributed by atoms with van der Waals surface area (Å²) in [4.78, 5) is 0. The first kappa shape index (κ1) is 9.92. The summed E-state index contributed by atoms with van der Waals surface area (Å²) in [5.41, 5.74) is 0. The average molecular weight is 196 g/mol. The van der Waals surface area contributed by atoms with Gasteiger partial charge in [0, 0.05) is 0 Å². The van der Waals surface area contributed by atoms with Crippen LogP contribution in [0.5, 0.6) is 0 Å². The van der Waals surface area contributed by atoms with Gasteiger partial charge >= 0.3 is 0 Å². The van der Waals surface area contributed by atoms with Crippen molar-refractivity contribution in [1.82, 2.24) is 0 Å². The quantitative estimate of drug-likeness (QED) is 0.704. The highest BCUT2D eigenvalue weighted by Crippen LogP contribution is 2.24. The van der Waals surface area contributed by atoms with Gasteiger partial charge in [0.15, 0.2) is 15.8 Å². The number of aliphatic hydroxyl groups excluding tert-OH is 1. The summed E-state index contributed by atoms with van der Waals surface area (Å²) in [5.74, 6) is 0. The van der Waals surface area contributed by atoms with Crippen LogP contribution < -0.4 is 0 Å². The molecule has 2 unspecified atom stereocenters. The minimum absolute atomic E-state index is 0.201. The topological polar surface area (TPSA) is 54.4 Å². The molecular weight excluding hydrogens is 183 g/mol. The minimum Gasteiger partial charge on any atom is -0.393 e. The van der Waals surface area contributed by atoms with Gasteiger partial charge in [0.05, 0.1) is 11.4 Å². The summed E-state index contributed by atoms with van der Waals surface area (Å²) < 4.78 is 34.0. The molecule has 0 spiro atoms. The Hall–Kier alpha value is -0.160. The first-order chi connectivity index (χ1) is 5.56. The van der Waals surface area contributed by atoms with Crippen LogP contribution >= 0.6 is 0 Å². The van der Waals surface area contributed by atoms with Gasteiger partial charge in [-0.3, -0.25) is 0 Å². The first-order valence-corrected chi connectivity index (χ1v) is 5.73. The molecule has 0 aromatic heterocycles. The molecule has 1 saturated carbocycles. The van der Waals surface area contributed by atoms with Crippen LogP contribution in [0.15, 0.2) is 0 Å². The van der Waals surface area contributed by atoms with E-state index >= 15 is 0 Å². The van der Waals surface area contributed by atoms with Crippen molar-refractivity contribution >= 4 is 9.84 Å². The molecule has 0 saturated heterocycles. The Morgan fingerprint density at radius 2 is 2.08 bits per heavy atom. The normalized spacial score (nSPS) is 31.8. The van der Waals surface area contributed by atoms with Gasteiger partial charge in [0.25, 0.3) is 0 Å². The summed E-state index contributed by atoms with van der Waals surface area (Å²) in [6.45, 7) is 0. The summed E-state index contributed by atoms with van der Waals surface area (Å²) in [6.07, 6.45) is 1.43. The van der Waals surface area contributed by atoms with E-state index < -0.39 is 27.2 Å². The maximum absolute atomic E-state index is 12.0. The van der Waals surface area contributed by atoms with Crippen molar-refractivity contribution in [2.75, 3.05) is 6.01 Å². The van der Waals surface area contributed by atoms with E-state index in [1.54, 1.807) is 0 Å². The molecule has 5 heteroatoms. The molecule has 1 fully saturated rings. The SMILES string of the molecule is O=S(=O)(CF)C1CCCC(O)C1. The molecule has 1 rings (SSSR count). The fourth-order valence-corrected chi connectivity index (χ4v) is 2.75. The lowest BCUT2D eigenvalue weighted by Gasteiger charge is -2.24. The lowest BCUT2D eigenvalue weighted by atomic mass is 9.97. The highest BCUT2D eigenvalue weighted by atomic mass is 32.2. The van der Waals surface area contributed by atoms with Crippen LogP contribution in [-0.2, 0) is 9.84 Å². The van der Waals surface area contributed by atoms with E-state index in [-0.39, 0.29) is 6.42 Å². The molecular formula is C7H13FO3S. The molecule has 1 aliphatic carbocycles. The van der Waals surface area contributed by atoms with E-state index in [0.29, 0.717) is 19.3 Å². The van der Waals surface area contributed by atoms with Crippen molar-refractivity contribution < 1.29 is 17.9 Å². The standard InChI is InChI=1S/C7H13FO3S/c8-5-12(10,11)7-3-1-2-6(9)4-7/h6-7,9H,1-5H2. The van der Waals surface area contributed by atoms with Crippen molar-refractivity contribution in [2.24, 2.45) is 0 Å². The van der Waals surface area contributed by atoms with Crippen molar-refractivity contribution in [3.8, 4) is 0 Å². The molecule has 0 aromatic carbocycles. The molecule has 1 N–H and O–H groups in total. The first-order valence-electron chi connectivity index (χ1n) is 4.02. The summed E-state index contributed by atoms with van der Waals surface area (Å²) in [6, 6.07) is -1.30. The molecule has 1 aliphatic rings. The Balaban J connectivity index is 2.63. The Morgan fingerprint density at radius 3 is 2.58 bits per heavy atom. The number of halogens is 1. The molecule has 0 bridgehead atoms. The molecule has 0 radical (unpaired) electrons. The van der Waals surface area contributed by atoms with Crippen LogP contribution in [0.3, 0.4) is 0 Å². The molecule has 12 heavy (non-hydrogen) atoms. The van der Waals surface area contributed by atoms with Gasteiger partial charge in [0.1, 0.15) is 0 Å². The van der Waals surface area contributed by atoms with Crippen molar-refractivity contribution in [3.63, 3.8) is 0 Å². The number of alkyl halides is 1. The second kappa shape index (κ2) is 3.70. The zero-order valence-corrected chi connectivity index (χ0v) is 7.56. The monoisotopic (exact) mass is 196 g/mol. The maximum Gasteiger partial charge on any atom is 0.191 e. The second-order valence-corrected chi connectivity index (χ2v) is 5.43. The fraction of sp³-hybridized carbons (Fsp3) is 1.00. The smallest absolute Gasteiger partial charge is 0.191 e. The average Bonchev–Trinajstić information content (AvgIpc) is 2.05. The van der Waals surface area contributed by atoms with Crippen LogP contribution in [0.1, 0.15) is 25.7 Å².